The minimum atomic E-state index is 0.669. The summed E-state index contributed by atoms with van der Waals surface area (Å²) in [5, 5.41) is 0. The molecule has 0 radical (unpaired) electrons. The van der Waals surface area contributed by atoms with Gasteiger partial charge in [-0.15, -0.1) is 13.2 Å². The summed E-state index contributed by atoms with van der Waals surface area (Å²) in [5.41, 5.74) is 5.25. The third-order valence-electron chi connectivity index (χ3n) is 6.28. The first-order valence-electron chi connectivity index (χ1n) is 11.3. The summed E-state index contributed by atoms with van der Waals surface area (Å²) in [6, 6.07) is 17.9. The number of hydrogen-bond acceptors (Lipinski definition) is 1. The van der Waals surface area contributed by atoms with Crippen molar-refractivity contribution in [2.75, 3.05) is 6.61 Å². The molecule has 0 atom stereocenters. The SMILES string of the molecule is C=CCCOCc1ccc(-c2ccc(CCC3CCC(CC=C)CC3)cc2)cc1. The lowest BCUT2D eigenvalue weighted by atomic mass is 9.78. The molecule has 29 heavy (non-hydrogen) atoms. The molecule has 154 valence electrons. The summed E-state index contributed by atoms with van der Waals surface area (Å²) in [4.78, 5) is 0. The molecule has 0 aliphatic heterocycles. The van der Waals surface area contributed by atoms with Crippen molar-refractivity contribution in [3.05, 3.63) is 85.0 Å². The average molecular weight is 389 g/mol. The molecular formula is C28H36O. The van der Waals surface area contributed by atoms with Crippen LogP contribution < -0.4 is 0 Å². The maximum Gasteiger partial charge on any atom is 0.0717 e. The van der Waals surface area contributed by atoms with Crippen LogP contribution in [-0.2, 0) is 17.8 Å². The maximum absolute atomic E-state index is 5.64. The molecule has 0 amide bonds. The Morgan fingerprint density at radius 2 is 1.34 bits per heavy atom. The third-order valence-corrected chi connectivity index (χ3v) is 6.28. The zero-order valence-corrected chi connectivity index (χ0v) is 17.8. The topological polar surface area (TPSA) is 9.23 Å². The second kappa shape index (κ2) is 11.8. The third kappa shape index (κ3) is 7.01. The number of ether oxygens (including phenoxy) is 1. The van der Waals surface area contributed by atoms with E-state index in [1.165, 1.54) is 67.2 Å². The summed E-state index contributed by atoms with van der Waals surface area (Å²) < 4.78 is 5.64. The zero-order chi connectivity index (χ0) is 20.3. The molecule has 0 N–H and O–H groups in total. The van der Waals surface area contributed by atoms with Crippen LogP contribution in [0.15, 0.2) is 73.8 Å². The van der Waals surface area contributed by atoms with Gasteiger partial charge in [0.15, 0.2) is 0 Å². The Bertz CT molecular complexity index is 733. The van der Waals surface area contributed by atoms with Gasteiger partial charge in [-0.3, -0.25) is 0 Å². The smallest absolute Gasteiger partial charge is 0.0717 e. The van der Waals surface area contributed by atoms with E-state index in [0.717, 1.165) is 24.9 Å². The number of aryl methyl sites for hydroxylation is 1. The molecule has 1 saturated carbocycles. The van der Waals surface area contributed by atoms with E-state index in [4.69, 9.17) is 4.74 Å². The van der Waals surface area contributed by atoms with Crippen LogP contribution >= 0.6 is 0 Å². The molecule has 3 rings (SSSR count). The molecule has 0 aromatic heterocycles. The zero-order valence-electron chi connectivity index (χ0n) is 17.8. The highest BCUT2D eigenvalue weighted by Crippen LogP contribution is 2.33. The number of rotatable bonds is 11. The van der Waals surface area contributed by atoms with Crippen molar-refractivity contribution in [1.82, 2.24) is 0 Å². The largest absolute Gasteiger partial charge is 0.376 e. The van der Waals surface area contributed by atoms with E-state index in [2.05, 4.69) is 67.8 Å². The molecule has 2 aromatic carbocycles. The van der Waals surface area contributed by atoms with E-state index < -0.39 is 0 Å². The number of benzene rings is 2. The van der Waals surface area contributed by atoms with Gasteiger partial charge in [-0.2, -0.15) is 0 Å². The van der Waals surface area contributed by atoms with Gasteiger partial charge in [-0.25, -0.2) is 0 Å². The Labute approximate surface area is 177 Å². The standard InChI is InChI=1S/C28H36O/c1-3-5-21-29-22-26-15-19-28(20-16-26)27-17-13-25(14-18-27)12-11-24-9-7-23(6-4-2)8-10-24/h3-4,13-20,23-24H,1-2,5-12,21-22H2. The molecule has 1 nitrogen and oxygen atoms in total. The highest BCUT2D eigenvalue weighted by molar-refractivity contribution is 5.63. The molecule has 0 bridgehead atoms. The van der Waals surface area contributed by atoms with Crippen LogP contribution in [0.25, 0.3) is 11.1 Å². The van der Waals surface area contributed by atoms with E-state index in [-0.39, 0.29) is 0 Å². The van der Waals surface area contributed by atoms with Gasteiger partial charge in [0, 0.05) is 0 Å². The predicted molar refractivity (Wildman–Crippen MR) is 125 cm³/mol. The molecule has 0 unspecified atom stereocenters. The Balaban J connectivity index is 1.45. The van der Waals surface area contributed by atoms with Crippen LogP contribution in [0.5, 0.6) is 0 Å². The van der Waals surface area contributed by atoms with E-state index in [0.29, 0.717) is 6.61 Å². The summed E-state index contributed by atoms with van der Waals surface area (Å²) in [5.74, 6) is 1.81. The second-order valence-electron chi connectivity index (χ2n) is 8.47. The quantitative estimate of drug-likeness (QED) is 0.282. The van der Waals surface area contributed by atoms with Crippen molar-refractivity contribution in [2.45, 2.75) is 58.0 Å². The van der Waals surface area contributed by atoms with Crippen LogP contribution in [0.1, 0.15) is 56.1 Å². The van der Waals surface area contributed by atoms with Crippen LogP contribution in [0.4, 0.5) is 0 Å². The summed E-state index contributed by atoms with van der Waals surface area (Å²) in [6.07, 6.45) is 14.2. The monoisotopic (exact) mass is 388 g/mol. The first-order chi connectivity index (χ1) is 14.3. The normalized spacial score (nSPS) is 19.0. The molecule has 1 fully saturated rings. The lowest BCUT2D eigenvalue weighted by Gasteiger charge is -2.27. The van der Waals surface area contributed by atoms with Gasteiger partial charge in [0.1, 0.15) is 0 Å². The summed E-state index contributed by atoms with van der Waals surface area (Å²) in [7, 11) is 0. The highest BCUT2D eigenvalue weighted by atomic mass is 16.5. The van der Waals surface area contributed by atoms with E-state index >= 15 is 0 Å². The highest BCUT2D eigenvalue weighted by Gasteiger charge is 2.19. The van der Waals surface area contributed by atoms with Crippen molar-refractivity contribution >= 4 is 0 Å². The van der Waals surface area contributed by atoms with Crippen LogP contribution in [0, 0.1) is 11.8 Å². The van der Waals surface area contributed by atoms with Gasteiger partial charge in [-0.1, -0.05) is 73.5 Å². The van der Waals surface area contributed by atoms with Gasteiger partial charge in [-0.05, 0) is 72.6 Å². The van der Waals surface area contributed by atoms with Crippen molar-refractivity contribution in [3.8, 4) is 11.1 Å². The molecule has 0 saturated heterocycles. The van der Waals surface area contributed by atoms with Crippen LogP contribution in [0.2, 0.25) is 0 Å². The first-order valence-corrected chi connectivity index (χ1v) is 11.3. The van der Waals surface area contributed by atoms with Gasteiger partial charge >= 0.3 is 0 Å². The van der Waals surface area contributed by atoms with Gasteiger partial charge in [0.05, 0.1) is 13.2 Å². The lowest BCUT2D eigenvalue weighted by molar-refractivity contribution is 0.125. The minimum absolute atomic E-state index is 0.669. The van der Waals surface area contributed by atoms with Crippen molar-refractivity contribution < 1.29 is 4.74 Å². The molecule has 1 heteroatoms. The van der Waals surface area contributed by atoms with Crippen molar-refractivity contribution in [2.24, 2.45) is 11.8 Å². The Hall–Kier alpha value is -2.12. The van der Waals surface area contributed by atoms with E-state index in [1.807, 2.05) is 6.08 Å². The summed E-state index contributed by atoms with van der Waals surface area (Å²) >= 11 is 0. The number of hydrogen-bond donors (Lipinski definition) is 0. The Morgan fingerprint density at radius 3 is 1.93 bits per heavy atom. The van der Waals surface area contributed by atoms with Gasteiger partial charge in [0.2, 0.25) is 0 Å². The molecule has 2 aromatic rings. The Kier molecular flexibility index (Phi) is 8.77. The maximum atomic E-state index is 5.64. The molecule has 0 spiro atoms. The summed E-state index contributed by atoms with van der Waals surface area (Å²) in [6.45, 7) is 9.02. The van der Waals surface area contributed by atoms with Crippen molar-refractivity contribution in [1.29, 1.82) is 0 Å². The fourth-order valence-electron chi connectivity index (χ4n) is 4.38. The molecule has 1 aliphatic rings. The minimum Gasteiger partial charge on any atom is -0.376 e. The van der Waals surface area contributed by atoms with Crippen LogP contribution in [-0.4, -0.2) is 6.61 Å². The fourth-order valence-corrected chi connectivity index (χ4v) is 4.38. The van der Waals surface area contributed by atoms with Crippen LogP contribution in [0.3, 0.4) is 0 Å². The second-order valence-corrected chi connectivity index (χ2v) is 8.47. The van der Waals surface area contributed by atoms with E-state index in [1.54, 1.807) is 0 Å². The Morgan fingerprint density at radius 1 is 0.759 bits per heavy atom. The molecular weight excluding hydrogens is 352 g/mol. The fraction of sp³-hybridized carbons (Fsp3) is 0.429. The van der Waals surface area contributed by atoms with E-state index in [9.17, 15) is 0 Å². The molecule has 0 heterocycles. The number of allylic oxidation sites excluding steroid dienone is 1. The van der Waals surface area contributed by atoms with Crippen molar-refractivity contribution in [3.63, 3.8) is 0 Å². The lowest BCUT2D eigenvalue weighted by Crippen LogP contribution is -2.14. The first kappa shape index (κ1) is 21.6. The van der Waals surface area contributed by atoms with Gasteiger partial charge < -0.3 is 4.74 Å². The average Bonchev–Trinajstić information content (AvgIpc) is 2.77. The van der Waals surface area contributed by atoms with Gasteiger partial charge in [0.25, 0.3) is 0 Å². The molecule has 1 aliphatic carbocycles. The predicted octanol–water partition coefficient (Wildman–Crippen LogP) is 7.76.